The normalized spacial score (nSPS) is 13.2. The summed E-state index contributed by atoms with van der Waals surface area (Å²) in [6.07, 6.45) is 1.98. The summed E-state index contributed by atoms with van der Waals surface area (Å²) in [6.45, 7) is 10.6. The van der Waals surface area contributed by atoms with Crippen LogP contribution in [-0.2, 0) is 4.74 Å². The van der Waals surface area contributed by atoms with Crippen molar-refractivity contribution in [3.63, 3.8) is 0 Å². The monoisotopic (exact) mass is 239 g/mol. The molecule has 0 spiro atoms. The number of nitrogens with zero attached hydrogens (tertiary/aromatic N) is 1. The Kier molecular flexibility index (Phi) is 7.75. The van der Waals surface area contributed by atoms with Crippen molar-refractivity contribution in [2.24, 2.45) is 4.99 Å². The first kappa shape index (κ1) is 16.1. The number of aliphatic hydroxyl groups is 1. The molecule has 0 aliphatic carbocycles. The topological polar surface area (TPSA) is 41.8 Å². The molecule has 98 valence electrons. The molecule has 0 saturated carbocycles. The predicted octanol–water partition coefficient (Wildman–Crippen LogP) is 2.76. The van der Waals surface area contributed by atoms with Crippen LogP contribution in [0.15, 0.2) is 27.8 Å². The van der Waals surface area contributed by atoms with Crippen LogP contribution in [-0.4, -0.2) is 37.2 Å². The van der Waals surface area contributed by atoms with Crippen LogP contribution in [0.2, 0.25) is 0 Å². The highest BCUT2D eigenvalue weighted by molar-refractivity contribution is 5.79. The van der Waals surface area contributed by atoms with Crippen molar-refractivity contribution in [3.8, 4) is 0 Å². The van der Waals surface area contributed by atoms with Crippen molar-refractivity contribution in [2.45, 2.75) is 40.7 Å². The fourth-order valence-electron chi connectivity index (χ4n) is 1.47. The minimum atomic E-state index is -0.0264. The van der Waals surface area contributed by atoms with Gasteiger partial charge >= 0.3 is 0 Å². The second-order valence-electron chi connectivity index (χ2n) is 4.57. The van der Waals surface area contributed by atoms with E-state index in [0.717, 1.165) is 16.9 Å². The van der Waals surface area contributed by atoms with Crippen LogP contribution in [0.25, 0.3) is 0 Å². The van der Waals surface area contributed by atoms with Gasteiger partial charge in [0.15, 0.2) is 0 Å². The van der Waals surface area contributed by atoms with E-state index in [1.54, 1.807) is 7.11 Å². The molecule has 0 bridgehead atoms. The second kappa shape index (κ2) is 8.20. The number of allylic oxidation sites excluding steroid dienone is 1. The first-order valence-corrected chi connectivity index (χ1v) is 5.88. The van der Waals surface area contributed by atoms with Gasteiger partial charge < -0.3 is 9.84 Å². The fraction of sp³-hybridized carbons (Fsp3) is 0.643. The summed E-state index contributed by atoms with van der Waals surface area (Å²) in [5.74, 6) is 0. The number of methoxy groups -OCH3 is 1. The first-order chi connectivity index (χ1) is 7.92. The lowest BCUT2D eigenvalue weighted by molar-refractivity contribution is 0.192. The highest BCUT2D eigenvalue weighted by Gasteiger charge is 2.07. The average Bonchev–Trinajstić information content (AvgIpc) is 2.24. The maximum Gasteiger partial charge on any atom is 0.0918 e. The van der Waals surface area contributed by atoms with E-state index in [1.165, 1.54) is 5.57 Å². The first-order valence-electron chi connectivity index (χ1n) is 5.88. The van der Waals surface area contributed by atoms with Gasteiger partial charge in [-0.3, -0.25) is 4.99 Å². The van der Waals surface area contributed by atoms with E-state index in [1.807, 2.05) is 40.7 Å². The summed E-state index contributed by atoms with van der Waals surface area (Å²) in [7, 11) is 1.66. The summed E-state index contributed by atoms with van der Waals surface area (Å²) < 4.78 is 5.14. The third-order valence-corrected chi connectivity index (χ3v) is 2.56. The molecule has 1 N–H and O–H groups in total. The predicted molar refractivity (Wildman–Crippen MR) is 73.7 cm³/mol. The summed E-state index contributed by atoms with van der Waals surface area (Å²) in [5.41, 5.74) is 4.27. The molecule has 0 rings (SSSR count). The number of ether oxygens (including phenoxy) is 1. The van der Waals surface area contributed by atoms with Gasteiger partial charge in [-0.1, -0.05) is 11.6 Å². The quantitative estimate of drug-likeness (QED) is 0.572. The lowest BCUT2D eigenvalue weighted by atomic mass is 10.0. The molecule has 0 fully saturated rings. The number of aliphatic imine (C=N–C) groups is 1. The lowest BCUT2D eigenvalue weighted by Crippen LogP contribution is -2.13. The molecule has 0 saturated heterocycles. The molecule has 0 aliphatic heterocycles. The second-order valence-corrected chi connectivity index (χ2v) is 4.57. The SMILES string of the molecule is COCC(/C=C(\CO)C(C)=C(C)C)N=C(C)C. The Morgan fingerprint density at radius 1 is 1.24 bits per heavy atom. The van der Waals surface area contributed by atoms with Crippen LogP contribution in [0.3, 0.4) is 0 Å². The van der Waals surface area contributed by atoms with E-state index in [0.29, 0.717) is 6.61 Å². The Labute approximate surface area is 105 Å². The van der Waals surface area contributed by atoms with Crippen molar-refractivity contribution < 1.29 is 9.84 Å². The van der Waals surface area contributed by atoms with Crippen LogP contribution in [0.1, 0.15) is 34.6 Å². The molecule has 0 heterocycles. The van der Waals surface area contributed by atoms with E-state index >= 15 is 0 Å². The highest BCUT2D eigenvalue weighted by Crippen LogP contribution is 2.15. The Morgan fingerprint density at radius 2 is 1.82 bits per heavy atom. The number of rotatable bonds is 6. The van der Waals surface area contributed by atoms with Gasteiger partial charge in [-0.2, -0.15) is 0 Å². The third-order valence-electron chi connectivity index (χ3n) is 2.56. The lowest BCUT2D eigenvalue weighted by Gasteiger charge is -2.12. The standard InChI is InChI=1S/C14H25NO2/c1-10(2)12(5)13(8-16)7-14(9-17-6)15-11(3)4/h7,14,16H,8-9H2,1-6H3/b13-7+. The summed E-state index contributed by atoms with van der Waals surface area (Å²) in [6, 6.07) is -0.0264. The molecule has 0 aromatic carbocycles. The number of hydrogen-bond acceptors (Lipinski definition) is 3. The molecule has 3 nitrogen and oxygen atoms in total. The van der Waals surface area contributed by atoms with Gasteiger partial charge in [0.25, 0.3) is 0 Å². The zero-order valence-electron chi connectivity index (χ0n) is 11.9. The maximum atomic E-state index is 9.40. The molecule has 0 radical (unpaired) electrons. The molecular formula is C14H25NO2. The van der Waals surface area contributed by atoms with E-state index in [-0.39, 0.29) is 12.6 Å². The molecular weight excluding hydrogens is 214 g/mol. The summed E-state index contributed by atoms with van der Waals surface area (Å²) in [5, 5.41) is 9.40. The number of aliphatic hydroxyl groups excluding tert-OH is 1. The molecule has 0 aromatic rings. The van der Waals surface area contributed by atoms with Crippen LogP contribution in [0, 0.1) is 0 Å². The maximum absolute atomic E-state index is 9.40. The number of hydrogen-bond donors (Lipinski definition) is 1. The molecule has 0 aliphatic rings. The molecule has 3 heteroatoms. The van der Waals surface area contributed by atoms with Crippen molar-refractivity contribution in [3.05, 3.63) is 22.8 Å². The Morgan fingerprint density at radius 3 is 2.18 bits per heavy atom. The van der Waals surface area contributed by atoms with Gasteiger partial charge in [-0.05, 0) is 45.8 Å². The van der Waals surface area contributed by atoms with Gasteiger partial charge in [0.2, 0.25) is 0 Å². The van der Waals surface area contributed by atoms with E-state index in [2.05, 4.69) is 4.99 Å². The van der Waals surface area contributed by atoms with Gasteiger partial charge in [-0.15, -0.1) is 0 Å². The van der Waals surface area contributed by atoms with Gasteiger partial charge in [0.1, 0.15) is 0 Å². The average molecular weight is 239 g/mol. The largest absolute Gasteiger partial charge is 0.392 e. The zero-order chi connectivity index (χ0) is 13.4. The minimum absolute atomic E-state index is 0.0264. The van der Waals surface area contributed by atoms with Gasteiger partial charge in [0, 0.05) is 12.8 Å². The molecule has 0 aromatic heterocycles. The van der Waals surface area contributed by atoms with Crippen LogP contribution in [0.5, 0.6) is 0 Å². The highest BCUT2D eigenvalue weighted by atomic mass is 16.5. The van der Waals surface area contributed by atoms with E-state index in [4.69, 9.17) is 4.74 Å². The van der Waals surface area contributed by atoms with Gasteiger partial charge in [-0.25, -0.2) is 0 Å². The minimum Gasteiger partial charge on any atom is -0.392 e. The Balaban J connectivity index is 5.13. The van der Waals surface area contributed by atoms with Crippen molar-refractivity contribution in [1.82, 2.24) is 0 Å². The molecule has 17 heavy (non-hydrogen) atoms. The van der Waals surface area contributed by atoms with Crippen molar-refractivity contribution >= 4 is 5.71 Å². The van der Waals surface area contributed by atoms with Crippen molar-refractivity contribution in [2.75, 3.05) is 20.3 Å². The van der Waals surface area contributed by atoms with Gasteiger partial charge in [0.05, 0.1) is 19.3 Å². The van der Waals surface area contributed by atoms with Crippen LogP contribution < -0.4 is 0 Å². The van der Waals surface area contributed by atoms with Crippen LogP contribution in [0.4, 0.5) is 0 Å². The smallest absolute Gasteiger partial charge is 0.0918 e. The van der Waals surface area contributed by atoms with Crippen LogP contribution >= 0.6 is 0 Å². The van der Waals surface area contributed by atoms with E-state index in [9.17, 15) is 5.11 Å². The van der Waals surface area contributed by atoms with E-state index < -0.39 is 0 Å². The van der Waals surface area contributed by atoms with Crippen molar-refractivity contribution in [1.29, 1.82) is 0 Å². The molecule has 1 atom stereocenters. The summed E-state index contributed by atoms with van der Waals surface area (Å²) >= 11 is 0. The molecule has 1 unspecified atom stereocenters. The summed E-state index contributed by atoms with van der Waals surface area (Å²) in [4.78, 5) is 4.48. The zero-order valence-corrected chi connectivity index (χ0v) is 11.9. The Hall–Kier alpha value is -0.930. The third kappa shape index (κ3) is 6.39. The fourth-order valence-corrected chi connectivity index (χ4v) is 1.47. The molecule has 0 amide bonds. The Bertz CT molecular complexity index is 319.